The SMILES string of the molecule is Cc1cc(F)cc(-c2nc3ncc(C)cc3[nH]2)c1. The van der Waals surface area contributed by atoms with Gasteiger partial charge in [0.05, 0.1) is 5.52 Å². The number of H-pyrrole nitrogens is 1. The van der Waals surface area contributed by atoms with Gasteiger partial charge in [0.25, 0.3) is 0 Å². The van der Waals surface area contributed by atoms with E-state index in [0.717, 1.165) is 22.2 Å². The molecule has 0 radical (unpaired) electrons. The number of aromatic amines is 1. The van der Waals surface area contributed by atoms with Gasteiger partial charge < -0.3 is 4.98 Å². The Morgan fingerprint density at radius 1 is 1.06 bits per heavy atom. The molecule has 0 fully saturated rings. The van der Waals surface area contributed by atoms with Crippen LogP contribution in [0.15, 0.2) is 30.5 Å². The zero-order valence-electron chi connectivity index (χ0n) is 10.2. The molecule has 90 valence electrons. The van der Waals surface area contributed by atoms with Crippen LogP contribution >= 0.6 is 0 Å². The van der Waals surface area contributed by atoms with E-state index in [4.69, 9.17) is 0 Å². The number of imidazole rings is 1. The van der Waals surface area contributed by atoms with Gasteiger partial charge in [-0.15, -0.1) is 0 Å². The Hall–Kier alpha value is -2.23. The Morgan fingerprint density at radius 2 is 1.89 bits per heavy atom. The number of hydrogen-bond donors (Lipinski definition) is 1. The van der Waals surface area contributed by atoms with Crippen LogP contribution in [0.3, 0.4) is 0 Å². The van der Waals surface area contributed by atoms with Gasteiger partial charge in [-0.25, -0.2) is 14.4 Å². The Balaban J connectivity index is 2.19. The molecule has 3 nitrogen and oxygen atoms in total. The molecule has 4 heteroatoms. The Kier molecular flexibility index (Phi) is 2.37. The van der Waals surface area contributed by atoms with Gasteiger partial charge in [0.2, 0.25) is 0 Å². The number of pyridine rings is 1. The molecular weight excluding hydrogens is 229 g/mol. The molecule has 0 atom stereocenters. The van der Waals surface area contributed by atoms with Gasteiger partial charge in [-0.1, -0.05) is 0 Å². The van der Waals surface area contributed by atoms with E-state index < -0.39 is 0 Å². The lowest BCUT2D eigenvalue weighted by atomic mass is 10.1. The van der Waals surface area contributed by atoms with Gasteiger partial charge >= 0.3 is 0 Å². The van der Waals surface area contributed by atoms with E-state index in [0.29, 0.717) is 11.5 Å². The van der Waals surface area contributed by atoms with Gasteiger partial charge in [-0.2, -0.15) is 0 Å². The summed E-state index contributed by atoms with van der Waals surface area (Å²) in [6.07, 6.45) is 1.77. The number of aryl methyl sites for hydroxylation is 2. The van der Waals surface area contributed by atoms with E-state index >= 15 is 0 Å². The van der Waals surface area contributed by atoms with Crippen molar-refractivity contribution in [3.05, 3.63) is 47.4 Å². The van der Waals surface area contributed by atoms with Crippen LogP contribution < -0.4 is 0 Å². The van der Waals surface area contributed by atoms with Crippen molar-refractivity contribution < 1.29 is 4.39 Å². The first-order valence-corrected chi connectivity index (χ1v) is 5.72. The Labute approximate surface area is 104 Å². The van der Waals surface area contributed by atoms with E-state index in [2.05, 4.69) is 15.0 Å². The van der Waals surface area contributed by atoms with Crippen molar-refractivity contribution in [3.63, 3.8) is 0 Å². The number of fused-ring (bicyclic) bond motifs is 1. The molecule has 18 heavy (non-hydrogen) atoms. The minimum Gasteiger partial charge on any atom is -0.337 e. The maximum atomic E-state index is 13.4. The second kappa shape index (κ2) is 3.91. The van der Waals surface area contributed by atoms with Crippen LogP contribution in [0, 0.1) is 19.7 Å². The molecule has 0 aliphatic heterocycles. The summed E-state index contributed by atoms with van der Waals surface area (Å²) >= 11 is 0. The molecule has 0 saturated carbocycles. The second-order valence-corrected chi connectivity index (χ2v) is 4.49. The van der Waals surface area contributed by atoms with Crippen LogP contribution in [-0.2, 0) is 0 Å². The molecule has 0 spiro atoms. The van der Waals surface area contributed by atoms with Gasteiger partial charge in [0.1, 0.15) is 11.6 Å². The zero-order valence-corrected chi connectivity index (χ0v) is 10.2. The van der Waals surface area contributed by atoms with Crippen molar-refractivity contribution in [2.75, 3.05) is 0 Å². The fourth-order valence-corrected chi connectivity index (χ4v) is 2.01. The van der Waals surface area contributed by atoms with E-state index in [-0.39, 0.29) is 5.82 Å². The van der Waals surface area contributed by atoms with Crippen molar-refractivity contribution in [1.82, 2.24) is 15.0 Å². The van der Waals surface area contributed by atoms with Crippen LogP contribution in [0.4, 0.5) is 4.39 Å². The lowest BCUT2D eigenvalue weighted by molar-refractivity contribution is 0.627. The molecule has 0 saturated heterocycles. The molecule has 0 aliphatic rings. The second-order valence-electron chi connectivity index (χ2n) is 4.49. The number of nitrogens with zero attached hydrogens (tertiary/aromatic N) is 2. The lowest BCUT2D eigenvalue weighted by Crippen LogP contribution is -1.85. The largest absolute Gasteiger partial charge is 0.337 e. The van der Waals surface area contributed by atoms with Crippen molar-refractivity contribution in [2.45, 2.75) is 13.8 Å². The summed E-state index contributed by atoms with van der Waals surface area (Å²) in [7, 11) is 0. The molecule has 1 aromatic carbocycles. The monoisotopic (exact) mass is 241 g/mol. The maximum Gasteiger partial charge on any atom is 0.178 e. The molecule has 0 unspecified atom stereocenters. The fraction of sp³-hybridized carbons (Fsp3) is 0.143. The number of hydrogen-bond acceptors (Lipinski definition) is 2. The van der Waals surface area contributed by atoms with Crippen molar-refractivity contribution in [1.29, 1.82) is 0 Å². The van der Waals surface area contributed by atoms with Gasteiger partial charge in [0.15, 0.2) is 5.65 Å². The van der Waals surface area contributed by atoms with Crippen LogP contribution in [-0.4, -0.2) is 15.0 Å². The van der Waals surface area contributed by atoms with Gasteiger partial charge in [0, 0.05) is 11.8 Å². The Bertz CT molecular complexity index is 711. The molecule has 0 amide bonds. The van der Waals surface area contributed by atoms with Gasteiger partial charge in [-0.3, -0.25) is 0 Å². The summed E-state index contributed by atoms with van der Waals surface area (Å²) in [5, 5.41) is 0. The van der Waals surface area contributed by atoms with Gasteiger partial charge in [-0.05, 0) is 49.2 Å². The van der Waals surface area contributed by atoms with Crippen LogP contribution in [0.1, 0.15) is 11.1 Å². The van der Waals surface area contributed by atoms with E-state index in [1.54, 1.807) is 6.20 Å². The number of rotatable bonds is 1. The molecule has 1 N–H and O–H groups in total. The number of aromatic nitrogens is 3. The van der Waals surface area contributed by atoms with Crippen LogP contribution in [0.5, 0.6) is 0 Å². The van der Waals surface area contributed by atoms with Crippen molar-refractivity contribution >= 4 is 11.2 Å². The molecule has 0 aliphatic carbocycles. The summed E-state index contributed by atoms with van der Waals surface area (Å²) < 4.78 is 13.4. The highest BCUT2D eigenvalue weighted by Gasteiger charge is 2.08. The number of nitrogens with one attached hydrogen (secondary N) is 1. The fourth-order valence-electron chi connectivity index (χ4n) is 2.01. The third-order valence-electron chi connectivity index (χ3n) is 2.79. The third kappa shape index (κ3) is 1.86. The number of halogens is 1. The van der Waals surface area contributed by atoms with Crippen molar-refractivity contribution in [2.24, 2.45) is 0 Å². The minimum absolute atomic E-state index is 0.255. The van der Waals surface area contributed by atoms with E-state index in [1.807, 2.05) is 26.0 Å². The van der Waals surface area contributed by atoms with E-state index in [1.165, 1.54) is 12.1 Å². The molecule has 2 heterocycles. The first kappa shape index (κ1) is 10.9. The quantitative estimate of drug-likeness (QED) is 0.709. The molecular formula is C14H12FN3. The first-order valence-electron chi connectivity index (χ1n) is 5.72. The maximum absolute atomic E-state index is 13.4. The van der Waals surface area contributed by atoms with Crippen molar-refractivity contribution in [3.8, 4) is 11.4 Å². The Morgan fingerprint density at radius 3 is 2.67 bits per heavy atom. The molecule has 3 aromatic rings. The average Bonchev–Trinajstić information content (AvgIpc) is 2.70. The highest BCUT2D eigenvalue weighted by atomic mass is 19.1. The third-order valence-corrected chi connectivity index (χ3v) is 2.79. The predicted octanol–water partition coefficient (Wildman–Crippen LogP) is 3.38. The average molecular weight is 241 g/mol. The normalized spacial score (nSPS) is 11.1. The van der Waals surface area contributed by atoms with Crippen LogP contribution in [0.2, 0.25) is 0 Å². The summed E-state index contributed by atoms with van der Waals surface area (Å²) in [6, 6.07) is 6.84. The summed E-state index contributed by atoms with van der Waals surface area (Å²) in [5.74, 6) is 0.389. The highest BCUT2D eigenvalue weighted by molar-refractivity contribution is 5.76. The highest BCUT2D eigenvalue weighted by Crippen LogP contribution is 2.21. The summed E-state index contributed by atoms with van der Waals surface area (Å²) in [4.78, 5) is 11.8. The molecule has 0 bridgehead atoms. The van der Waals surface area contributed by atoms with Crippen LogP contribution in [0.25, 0.3) is 22.6 Å². The first-order chi connectivity index (χ1) is 8.61. The lowest BCUT2D eigenvalue weighted by Gasteiger charge is -1.99. The minimum atomic E-state index is -0.255. The predicted molar refractivity (Wildman–Crippen MR) is 68.8 cm³/mol. The summed E-state index contributed by atoms with van der Waals surface area (Å²) in [5.41, 5.74) is 4.19. The molecule has 2 aromatic heterocycles. The van der Waals surface area contributed by atoms with E-state index in [9.17, 15) is 4.39 Å². The topological polar surface area (TPSA) is 41.6 Å². The smallest absolute Gasteiger partial charge is 0.178 e. The number of benzene rings is 1. The molecule has 3 rings (SSSR count). The zero-order chi connectivity index (χ0) is 12.7. The summed E-state index contributed by atoms with van der Waals surface area (Å²) in [6.45, 7) is 3.83. The standard InChI is InChI=1S/C14H12FN3/c1-8-3-10(6-11(15)4-8)13-17-12-5-9(2)7-16-14(12)18-13/h3-7H,1-2H3,(H,16,17,18).